The first kappa shape index (κ1) is 18.1. The summed E-state index contributed by atoms with van der Waals surface area (Å²) in [6, 6.07) is 10.7. The highest BCUT2D eigenvalue weighted by Gasteiger charge is 2.28. The second-order valence-corrected chi connectivity index (χ2v) is 6.78. The standard InChI is InChI=1S/C21H24N2O3/c1-15-9-11-16(12-10-15)21(25)26-19(17-6-5-13-22-14-17)20(24)23-18-7-3-2-4-8-18/h5-6,9-14,18-19H,2-4,7-8H2,1H3,(H,23,24). The normalized spacial score (nSPS) is 15.9. The number of pyridine rings is 1. The van der Waals surface area contributed by atoms with Crippen LogP contribution in [0, 0.1) is 6.92 Å². The Kier molecular flexibility index (Phi) is 6.00. The van der Waals surface area contributed by atoms with E-state index in [1.165, 1.54) is 6.42 Å². The SMILES string of the molecule is Cc1ccc(C(=O)OC(C(=O)NC2CCCCC2)c2cccnc2)cc1. The summed E-state index contributed by atoms with van der Waals surface area (Å²) in [6.07, 6.45) is 7.57. The highest BCUT2D eigenvalue weighted by atomic mass is 16.5. The predicted molar refractivity (Wildman–Crippen MR) is 98.6 cm³/mol. The van der Waals surface area contributed by atoms with Crippen molar-refractivity contribution in [3.63, 3.8) is 0 Å². The van der Waals surface area contributed by atoms with E-state index < -0.39 is 12.1 Å². The molecule has 1 aliphatic rings. The first-order chi connectivity index (χ1) is 12.6. The minimum atomic E-state index is -1.00. The number of carbonyl (C=O) groups excluding carboxylic acids is 2. The van der Waals surface area contributed by atoms with Crippen LogP contribution >= 0.6 is 0 Å². The summed E-state index contributed by atoms with van der Waals surface area (Å²) < 4.78 is 5.57. The lowest BCUT2D eigenvalue weighted by molar-refractivity contribution is -0.131. The molecule has 1 aliphatic carbocycles. The maximum absolute atomic E-state index is 12.8. The maximum atomic E-state index is 12.8. The van der Waals surface area contributed by atoms with Crippen LogP contribution in [-0.4, -0.2) is 22.9 Å². The van der Waals surface area contributed by atoms with Gasteiger partial charge in [-0.3, -0.25) is 9.78 Å². The fourth-order valence-electron chi connectivity index (χ4n) is 3.19. The van der Waals surface area contributed by atoms with Crippen molar-refractivity contribution in [3.05, 3.63) is 65.5 Å². The summed E-state index contributed by atoms with van der Waals surface area (Å²) in [5.41, 5.74) is 2.05. The number of hydrogen-bond donors (Lipinski definition) is 1. The van der Waals surface area contributed by atoms with Crippen LogP contribution in [0.15, 0.2) is 48.8 Å². The molecule has 0 saturated heterocycles. The van der Waals surface area contributed by atoms with Crippen LogP contribution in [0.1, 0.15) is 59.7 Å². The summed E-state index contributed by atoms with van der Waals surface area (Å²) in [5, 5.41) is 3.04. The lowest BCUT2D eigenvalue weighted by Gasteiger charge is -2.25. The average Bonchev–Trinajstić information content (AvgIpc) is 2.68. The Hall–Kier alpha value is -2.69. The zero-order chi connectivity index (χ0) is 18.4. The minimum absolute atomic E-state index is 0.147. The molecule has 1 atom stereocenters. The number of nitrogens with zero attached hydrogens (tertiary/aromatic N) is 1. The number of esters is 1. The van der Waals surface area contributed by atoms with Crippen molar-refractivity contribution < 1.29 is 14.3 Å². The van der Waals surface area contributed by atoms with Crippen molar-refractivity contribution in [1.82, 2.24) is 10.3 Å². The molecule has 5 heteroatoms. The third-order valence-corrected chi connectivity index (χ3v) is 4.69. The molecule has 1 aromatic heterocycles. The van der Waals surface area contributed by atoms with Gasteiger partial charge in [-0.05, 0) is 38.0 Å². The van der Waals surface area contributed by atoms with Crippen molar-refractivity contribution in [3.8, 4) is 0 Å². The van der Waals surface area contributed by atoms with Gasteiger partial charge >= 0.3 is 5.97 Å². The number of benzene rings is 1. The van der Waals surface area contributed by atoms with Gasteiger partial charge in [-0.1, -0.05) is 43.0 Å². The number of ether oxygens (including phenoxy) is 1. The fourth-order valence-corrected chi connectivity index (χ4v) is 3.19. The molecule has 1 amide bonds. The second kappa shape index (κ2) is 8.61. The molecule has 5 nitrogen and oxygen atoms in total. The van der Waals surface area contributed by atoms with Gasteiger partial charge < -0.3 is 10.1 Å². The van der Waals surface area contributed by atoms with Gasteiger partial charge in [-0.25, -0.2) is 4.79 Å². The van der Waals surface area contributed by atoms with Crippen LogP contribution in [0.3, 0.4) is 0 Å². The minimum Gasteiger partial charge on any atom is -0.444 e. The number of amides is 1. The highest BCUT2D eigenvalue weighted by molar-refractivity contribution is 5.92. The van der Waals surface area contributed by atoms with Gasteiger partial charge in [0.2, 0.25) is 6.10 Å². The molecule has 0 aliphatic heterocycles. The van der Waals surface area contributed by atoms with E-state index in [0.717, 1.165) is 31.2 Å². The highest BCUT2D eigenvalue weighted by Crippen LogP contribution is 2.22. The van der Waals surface area contributed by atoms with Gasteiger partial charge in [0.05, 0.1) is 5.56 Å². The molecule has 1 saturated carbocycles. The van der Waals surface area contributed by atoms with Crippen molar-refractivity contribution in [2.24, 2.45) is 0 Å². The summed E-state index contributed by atoms with van der Waals surface area (Å²) >= 11 is 0. The molecule has 1 unspecified atom stereocenters. The lowest BCUT2D eigenvalue weighted by atomic mass is 9.95. The quantitative estimate of drug-likeness (QED) is 0.833. The number of nitrogens with one attached hydrogen (secondary N) is 1. The summed E-state index contributed by atoms with van der Waals surface area (Å²) in [5.74, 6) is -0.803. The molecule has 0 bridgehead atoms. The Bertz CT molecular complexity index is 738. The topological polar surface area (TPSA) is 68.3 Å². The molecule has 26 heavy (non-hydrogen) atoms. The van der Waals surface area contributed by atoms with Gasteiger partial charge in [0, 0.05) is 24.0 Å². The fraction of sp³-hybridized carbons (Fsp3) is 0.381. The Balaban J connectivity index is 1.75. The second-order valence-electron chi connectivity index (χ2n) is 6.78. The Morgan fingerprint density at radius 2 is 1.85 bits per heavy atom. The van der Waals surface area contributed by atoms with Crippen molar-refractivity contribution in [2.75, 3.05) is 0 Å². The van der Waals surface area contributed by atoms with Crippen molar-refractivity contribution in [1.29, 1.82) is 0 Å². The van der Waals surface area contributed by atoms with E-state index in [1.807, 2.05) is 19.1 Å². The van der Waals surface area contributed by atoms with Gasteiger partial charge in [0.15, 0.2) is 0 Å². The zero-order valence-corrected chi connectivity index (χ0v) is 15.0. The third-order valence-electron chi connectivity index (χ3n) is 4.69. The molecular weight excluding hydrogens is 328 g/mol. The van der Waals surface area contributed by atoms with Crippen LogP contribution in [0.5, 0.6) is 0 Å². The number of aryl methyl sites for hydroxylation is 1. The predicted octanol–water partition coefficient (Wildman–Crippen LogP) is 3.74. The molecule has 3 rings (SSSR count). The Morgan fingerprint density at radius 3 is 2.50 bits per heavy atom. The van der Waals surface area contributed by atoms with Gasteiger partial charge in [-0.2, -0.15) is 0 Å². The molecule has 1 aromatic carbocycles. The number of aromatic nitrogens is 1. The van der Waals surface area contributed by atoms with Crippen LogP contribution in [-0.2, 0) is 9.53 Å². The lowest BCUT2D eigenvalue weighted by Crippen LogP contribution is -2.40. The molecule has 136 valence electrons. The van der Waals surface area contributed by atoms with Crippen molar-refractivity contribution >= 4 is 11.9 Å². The average molecular weight is 352 g/mol. The van der Waals surface area contributed by atoms with Gasteiger partial charge in [-0.15, -0.1) is 0 Å². The molecular formula is C21H24N2O3. The van der Waals surface area contributed by atoms with E-state index in [2.05, 4.69) is 10.3 Å². The Labute approximate surface area is 153 Å². The summed E-state index contributed by atoms with van der Waals surface area (Å²) in [6.45, 7) is 1.95. The number of rotatable bonds is 5. The molecule has 1 N–H and O–H groups in total. The molecule has 1 fully saturated rings. The third kappa shape index (κ3) is 4.69. The van der Waals surface area contributed by atoms with E-state index in [0.29, 0.717) is 11.1 Å². The monoisotopic (exact) mass is 352 g/mol. The number of hydrogen-bond acceptors (Lipinski definition) is 4. The van der Waals surface area contributed by atoms with Crippen LogP contribution in [0.2, 0.25) is 0 Å². The van der Waals surface area contributed by atoms with Crippen molar-refractivity contribution in [2.45, 2.75) is 51.2 Å². The first-order valence-corrected chi connectivity index (χ1v) is 9.11. The molecule has 0 radical (unpaired) electrons. The van der Waals surface area contributed by atoms with Crippen LogP contribution in [0.4, 0.5) is 0 Å². The zero-order valence-electron chi connectivity index (χ0n) is 15.0. The van der Waals surface area contributed by atoms with Crippen LogP contribution < -0.4 is 5.32 Å². The van der Waals surface area contributed by atoms with E-state index in [1.54, 1.807) is 36.7 Å². The summed E-state index contributed by atoms with van der Waals surface area (Å²) in [7, 11) is 0. The van der Waals surface area contributed by atoms with E-state index >= 15 is 0 Å². The van der Waals surface area contributed by atoms with Crippen LogP contribution in [0.25, 0.3) is 0 Å². The maximum Gasteiger partial charge on any atom is 0.339 e. The first-order valence-electron chi connectivity index (χ1n) is 9.11. The van der Waals surface area contributed by atoms with Gasteiger partial charge in [0.25, 0.3) is 5.91 Å². The number of carbonyl (C=O) groups is 2. The molecule has 2 aromatic rings. The smallest absolute Gasteiger partial charge is 0.339 e. The van der Waals surface area contributed by atoms with E-state index in [4.69, 9.17) is 4.74 Å². The Morgan fingerprint density at radius 1 is 1.12 bits per heavy atom. The van der Waals surface area contributed by atoms with Gasteiger partial charge in [0.1, 0.15) is 0 Å². The molecule has 1 heterocycles. The molecule has 0 spiro atoms. The van der Waals surface area contributed by atoms with E-state index in [-0.39, 0.29) is 11.9 Å². The van der Waals surface area contributed by atoms with E-state index in [9.17, 15) is 9.59 Å². The largest absolute Gasteiger partial charge is 0.444 e. The summed E-state index contributed by atoms with van der Waals surface area (Å²) in [4.78, 5) is 29.4.